The Morgan fingerprint density at radius 3 is 2.70 bits per heavy atom. The molecule has 7 nitrogen and oxygen atoms in total. The van der Waals surface area contributed by atoms with Crippen LogP contribution in [0.4, 0.5) is 10.8 Å². The fourth-order valence-electron chi connectivity index (χ4n) is 3.92. The number of nitrogens with zero attached hydrogens (tertiary/aromatic N) is 2. The second-order valence-electron chi connectivity index (χ2n) is 8.35. The molecule has 2 aromatic carbocycles. The lowest BCUT2D eigenvalue weighted by Gasteiger charge is -2.21. The van der Waals surface area contributed by atoms with E-state index in [9.17, 15) is 19.8 Å². The van der Waals surface area contributed by atoms with Crippen molar-refractivity contribution in [2.24, 2.45) is 0 Å². The van der Waals surface area contributed by atoms with Crippen LogP contribution in [0, 0.1) is 6.92 Å². The van der Waals surface area contributed by atoms with Crippen LogP contribution in [0.2, 0.25) is 0 Å². The minimum Gasteiger partial charge on any atom is -0.508 e. The molecule has 1 amide bonds. The molecule has 0 radical (unpaired) electrons. The zero-order valence-electron chi connectivity index (χ0n) is 18.5. The number of carbonyl (C=O) groups is 2. The van der Waals surface area contributed by atoms with Gasteiger partial charge in [-0.05, 0) is 53.8 Å². The number of carboxylic acid groups (broad SMARTS) is 1. The summed E-state index contributed by atoms with van der Waals surface area (Å²) in [5, 5.41) is 20.9. The van der Waals surface area contributed by atoms with Gasteiger partial charge in [-0.3, -0.25) is 14.5 Å². The Morgan fingerprint density at radius 1 is 1.27 bits per heavy atom. The van der Waals surface area contributed by atoms with E-state index < -0.39 is 16.6 Å². The molecule has 9 heteroatoms. The molecule has 172 valence electrons. The summed E-state index contributed by atoms with van der Waals surface area (Å²) in [5.74, 6) is -0.898. The van der Waals surface area contributed by atoms with E-state index in [1.165, 1.54) is 23.1 Å². The Morgan fingerprint density at radius 2 is 2.03 bits per heavy atom. The van der Waals surface area contributed by atoms with Gasteiger partial charge in [0, 0.05) is 16.6 Å². The van der Waals surface area contributed by atoms with Gasteiger partial charge in [-0.1, -0.05) is 26.0 Å². The number of carbonyl (C=O) groups excluding carboxylic acids is 1. The number of aromatic nitrogens is 1. The smallest absolute Gasteiger partial charge is 0.305 e. The van der Waals surface area contributed by atoms with Gasteiger partial charge in [0.15, 0.2) is 5.13 Å². The van der Waals surface area contributed by atoms with Crippen LogP contribution < -0.4 is 10.6 Å². The van der Waals surface area contributed by atoms with Gasteiger partial charge < -0.3 is 15.9 Å². The van der Waals surface area contributed by atoms with Gasteiger partial charge in [-0.25, -0.2) is 4.98 Å². The Hall–Kier alpha value is -3.04. The molecule has 0 saturated carbocycles. The van der Waals surface area contributed by atoms with Crippen molar-refractivity contribution in [1.29, 1.82) is 0 Å². The molecule has 4 N–H and O–H groups in total. The highest BCUT2D eigenvalue weighted by atomic mass is 32.2. The fourth-order valence-corrected chi connectivity index (χ4v) is 6.25. The number of rotatable bonds is 6. The molecule has 2 atom stereocenters. The summed E-state index contributed by atoms with van der Waals surface area (Å²) >= 11 is 2.64. The number of thioether (sulfide) groups is 1. The zero-order chi connectivity index (χ0) is 23.9. The van der Waals surface area contributed by atoms with Gasteiger partial charge in [0.2, 0.25) is 5.91 Å². The molecular weight excluding hydrogens is 458 g/mol. The quantitative estimate of drug-likeness (QED) is 0.415. The summed E-state index contributed by atoms with van der Waals surface area (Å²) in [6, 6.07) is 10.9. The number of thiazole rings is 1. The van der Waals surface area contributed by atoms with Crippen LogP contribution in [0.5, 0.6) is 5.75 Å². The normalized spacial score (nSPS) is 18.3. The van der Waals surface area contributed by atoms with Crippen LogP contribution >= 0.6 is 23.1 Å². The number of aliphatic carboxylic acids is 1. The van der Waals surface area contributed by atoms with Crippen molar-refractivity contribution in [1.82, 2.24) is 4.98 Å². The van der Waals surface area contributed by atoms with Crippen molar-refractivity contribution >= 4 is 45.8 Å². The van der Waals surface area contributed by atoms with E-state index in [1.54, 1.807) is 23.1 Å². The average Bonchev–Trinajstić information content (AvgIpc) is 3.32. The Labute approximate surface area is 200 Å². The van der Waals surface area contributed by atoms with E-state index in [1.807, 2.05) is 44.4 Å². The van der Waals surface area contributed by atoms with Gasteiger partial charge in [0.1, 0.15) is 11.1 Å². The molecule has 2 unspecified atom stereocenters. The van der Waals surface area contributed by atoms with Gasteiger partial charge in [0.25, 0.3) is 0 Å². The van der Waals surface area contributed by atoms with Gasteiger partial charge in [0.05, 0.1) is 17.4 Å². The molecule has 0 aliphatic carbocycles. The lowest BCUT2D eigenvalue weighted by atomic mass is 9.95. The number of nitrogens with two attached hydrogens (primary N) is 1. The number of hydrogen-bond acceptors (Lipinski definition) is 7. The monoisotopic (exact) mass is 483 g/mol. The average molecular weight is 484 g/mol. The number of phenols is 1. The number of benzene rings is 2. The van der Waals surface area contributed by atoms with Gasteiger partial charge in [-0.2, -0.15) is 0 Å². The first-order chi connectivity index (χ1) is 15.7. The molecular formula is C24H25N3O4S2. The van der Waals surface area contributed by atoms with Crippen molar-refractivity contribution in [3.8, 4) is 17.0 Å². The number of nitrogen functional groups attached to an aromatic ring is 1. The molecule has 1 fully saturated rings. The Bertz CT molecular complexity index is 1220. The standard InChI is InChI=1S/C24H25N3O4S2/c1-12(2)16-9-17(13(3)7-19(16)28)18-11-32-24(26-18)27-22(31)20(10-21(29)30)33-23(27)14-5-4-6-15(25)8-14/h4-9,11-12,20,23,28H,10,25H2,1-3H3,(H,29,30). The van der Waals surface area contributed by atoms with E-state index in [4.69, 9.17) is 10.7 Å². The third-order valence-corrected chi connectivity index (χ3v) is 7.84. The molecule has 1 aliphatic heterocycles. The third-order valence-electron chi connectivity index (χ3n) is 5.57. The van der Waals surface area contributed by atoms with Gasteiger partial charge >= 0.3 is 5.97 Å². The lowest BCUT2D eigenvalue weighted by Crippen LogP contribution is -2.31. The maximum atomic E-state index is 13.3. The predicted molar refractivity (Wildman–Crippen MR) is 133 cm³/mol. The Kier molecular flexibility index (Phi) is 6.36. The fraction of sp³-hybridized carbons (Fsp3) is 0.292. The number of anilines is 2. The van der Waals surface area contributed by atoms with Crippen molar-refractivity contribution in [3.05, 3.63) is 58.5 Å². The van der Waals surface area contributed by atoms with Crippen LogP contribution in [-0.4, -0.2) is 32.3 Å². The highest BCUT2D eigenvalue weighted by molar-refractivity contribution is 8.01. The summed E-state index contributed by atoms with van der Waals surface area (Å²) < 4.78 is 0. The van der Waals surface area contributed by atoms with Crippen LogP contribution in [0.1, 0.15) is 48.3 Å². The van der Waals surface area contributed by atoms with Crippen molar-refractivity contribution in [2.45, 2.75) is 43.7 Å². The summed E-state index contributed by atoms with van der Waals surface area (Å²) in [6.45, 7) is 5.94. The van der Waals surface area contributed by atoms with Crippen LogP contribution in [0.25, 0.3) is 11.3 Å². The van der Waals surface area contributed by atoms with Gasteiger partial charge in [-0.15, -0.1) is 23.1 Å². The van der Waals surface area contributed by atoms with E-state index in [0.29, 0.717) is 16.5 Å². The van der Waals surface area contributed by atoms with Crippen LogP contribution in [0.3, 0.4) is 0 Å². The summed E-state index contributed by atoms with van der Waals surface area (Å²) in [5.41, 5.74) is 10.7. The SMILES string of the molecule is Cc1cc(O)c(C(C)C)cc1-c1csc(N2C(=O)C(CC(=O)O)SC2c2cccc(N)c2)n1. The Balaban J connectivity index is 1.75. The van der Waals surface area contributed by atoms with E-state index >= 15 is 0 Å². The van der Waals surface area contributed by atoms with E-state index in [0.717, 1.165) is 22.3 Å². The van der Waals surface area contributed by atoms with Crippen molar-refractivity contribution in [2.75, 3.05) is 10.6 Å². The summed E-state index contributed by atoms with van der Waals surface area (Å²) in [7, 11) is 0. The van der Waals surface area contributed by atoms with E-state index in [2.05, 4.69) is 0 Å². The molecule has 1 aliphatic rings. The minimum absolute atomic E-state index is 0.142. The summed E-state index contributed by atoms with van der Waals surface area (Å²) in [4.78, 5) is 30.9. The maximum Gasteiger partial charge on any atom is 0.305 e. The predicted octanol–water partition coefficient (Wildman–Crippen LogP) is 5.15. The number of hydrogen-bond donors (Lipinski definition) is 3. The number of phenolic OH excluding ortho intramolecular Hbond substituents is 1. The van der Waals surface area contributed by atoms with Crippen LogP contribution in [-0.2, 0) is 9.59 Å². The third kappa shape index (κ3) is 4.56. The molecule has 4 rings (SSSR count). The largest absolute Gasteiger partial charge is 0.508 e. The second kappa shape index (κ2) is 9.07. The van der Waals surface area contributed by atoms with Crippen LogP contribution in [0.15, 0.2) is 41.8 Å². The maximum absolute atomic E-state index is 13.3. The van der Waals surface area contributed by atoms with Crippen molar-refractivity contribution < 1.29 is 19.8 Å². The first-order valence-electron chi connectivity index (χ1n) is 10.5. The first kappa shape index (κ1) is 23.1. The van der Waals surface area contributed by atoms with E-state index in [-0.39, 0.29) is 24.0 Å². The lowest BCUT2D eigenvalue weighted by molar-refractivity contribution is -0.138. The summed E-state index contributed by atoms with van der Waals surface area (Å²) in [6.07, 6.45) is -0.258. The molecule has 1 saturated heterocycles. The number of carboxylic acids is 1. The molecule has 1 aromatic heterocycles. The number of aromatic hydroxyl groups is 1. The molecule has 0 spiro atoms. The zero-order valence-corrected chi connectivity index (χ0v) is 20.1. The molecule has 3 aromatic rings. The molecule has 33 heavy (non-hydrogen) atoms. The number of aryl methyl sites for hydroxylation is 1. The molecule has 0 bridgehead atoms. The van der Waals surface area contributed by atoms with Crippen molar-refractivity contribution in [3.63, 3.8) is 0 Å². The topological polar surface area (TPSA) is 117 Å². The number of amides is 1. The molecule has 2 heterocycles. The highest BCUT2D eigenvalue weighted by Gasteiger charge is 2.44. The second-order valence-corrected chi connectivity index (χ2v) is 10.5. The minimum atomic E-state index is -1.02. The first-order valence-corrected chi connectivity index (χ1v) is 12.3. The highest BCUT2D eigenvalue weighted by Crippen LogP contribution is 2.48.